The Morgan fingerprint density at radius 2 is 2.35 bits per heavy atom. The van der Waals surface area contributed by atoms with Gasteiger partial charge in [-0.2, -0.15) is 5.10 Å². The SMILES string of the molecule is Cc1[nH]ncc1C(=O)Nc1cc(C#CCO)ccc1Cl. The van der Waals surface area contributed by atoms with Crippen molar-refractivity contribution >= 4 is 23.2 Å². The molecule has 0 fully saturated rings. The molecule has 0 unspecified atom stereocenters. The average molecular weight is 290 g/mol. The summed E-state index contributed by atoms with van der Waals surface area (Å²) >= 11 is 6.04. The van der Waals surface area contributed by atoms with E-state index in [0.717, 1.165) is 0 Å². The van der Waals surface area contributed by atoms with Crippen LogP contribution in [0.2, 0.25) is 5.02 Å². The zero-order chi connectivity index (χ0) is 14.5. The number of aryl methyl sites for hydroxylation is 1. The molecule has 102 valence electrons. The van der Waals surface area contributed by atoms with E-state index in [1.807, 2.05) is 0 Å². The van der Waals surface area contributed by atoms with Crippen LogP contribution in [-0.4, -0.2) is 27.8 Å². The number of aliphatic hydroxyl groups excluding tert-OH is 1. The predicted molar refractivity (Wildman–Crippen MR) is 76.7 cm³/mol. The van der Waals surface area contributed by atoms with Crippen LogP contribution in [0.1, 0.15) is 21.6 Å². The first-order chi connectivity index (χ1) is 9.61. The molecule has 0 radical (unpaired) electrons. The minimum atomic E-state index is -0.301. The average Bonchev–Trinajstić information content (AvgIpc) is 2.86. The lowest BCUT2D eigenvalue weighted by atomic mass is 10.2. The largest absolute Gasteiger partial charge is 0.384 e. The molecule has 0 aliphatic heterocycles. The molecule has 0 aliphatic carbocycles. The number of anilines is 1. The quantitative estimate of drug-likeness (QED) is 0.740. The number of nitrogens with one attached hydrogen (secondary N) is 2. The maximum atomic E-state index is 12.1. The van der Waals surface area contributed by atoms with Crippen molar-refractivity contribution in [2.75, 3.05) is 11.9 Å². The second-order valence-electron chi connectivity index (χ2n) is 4.02. The summed E-state index contributed by atoms with van der Waals surface area (Å²) in [6.45, 7) is 1.53. The van der Waals surface area contributed by atoms with Crippen molar-refractivity contribution in [2.24, 2.45) is 0 Å². The Morgan fingerprint density at radius 3 is 3.00 bits per heavy atom. The molecule has 0 spiro atoms. The molecule has 2 aromatic rings. The van der Waals surface area contributed by atoms with Crippen LogP contribution in [0.3, 0.4) is 0 Å². The highest BCUT2D eigenvalue weighted by Crippen LogP contribution is 2.23. The number of rotatable bonds is 2. The van der Waals surface area contributed by atoms with Crippen LogP contribution in [0.15, 0.2) is 24.4 Å². The van der Waals surface area contributed by atoms with E-state index in [-0.39, 0.29) is 12.5 Å². The number of H-pyrrole nitrogens is 1. The lowest BCUT2D eigenvalue weighted by Gasteiger charge is -2.07. The van der Waals surface area contributed by atoms with Crippen molar-refractivity contribution in [1.82, 2.24) is 10.2 Å². The van der Waals surface area contributed by atoms with Gasteiger partial charge in [0.1, 0.15) is 6.61 Å². The summed E-state index contributed by atoms with van der Waals surface area (Å²) in [6.07, 6.45) is 1.45. The van der Waals surface area contributed by atoms with Gasteiger partial charge in [0.15, 0.2) is 0 Å². The van der Waals surface area contributed by atoms with E-state index < -0.39 is 0 Å². The molecule has 1 aromatic carbocycles. The van der Waals surface area contributed by atoms with E-state index in [1.165, 1.54) is 6.20 Å². The first kappa shape index (κ1) is 14.1. The highest BCUT2D eigenvalue weighted by Gasteiger charge is 2.12. The Kier molecular flexibility index (Phi) is 4.41. The summed E-state index contributed by atoms with van der Waals surface area (Å²) in [5.74, 6) is 4.99. The summed E-state index contributed by atoms with van der Waals surface area (Å²) in [5.41, 5.74) is 2.24. The molecular formula is C14H12ClN3O2. The highest BCUT2D eigenvalue weighted by molar-refractivity contribution is 6.34. The fraction of sp³-hybridized carbons (Fsp3) is 0.143. The van der Waals surface area contributed by atoms with Crippen molar-refractivity contribution in [3.05, 3.63) is 46.2 Å². The van der Waals surface area contributed by atoms with Crippen molar-refractivity contribution in [2.45, 2.75) is 6.92 Å². The Bertz CT molecular complexity index is 698. The molecule has 1 aromatic heterocycles. The van der Waals surface area contributed by atoms with Gasteiger partial charge in [0.25, 0.3) is 5.91 Å². The Morgan fingerprint density at radius 1 is 1.55 bits per heavy atom. The summed E-state index contributed by atoms with van der Waals surface area (Å²) in [5, 5.41) is 18.3. The molecule has 0 bridgehead atoms. The molecule has 1 amide bonds. The molecule has 0 saturated carbocycles. The van der Waals surface area contributed by atoms with Crippen molar-refractivity contribution < 1.29 is 9.90 Å². The van der Waals surface area contributed by atoms with Crippen molar-refractivity contribution in [1.29, 1.82) is 0 Å². The molecule has 0 atom stereocenters. The van der Waals surface area contributed by atoms with Gasteiger partial charge in [-0.05, 0) is 25.1 Å². The maximum Gasteiger partial charge on any atom is 0.259 e. The van der Waals surface area contributed by atoms with Crippen LogP contribution < -0.4 is 5.32 Å². The van der Waals surface area contributed by atoms with Crippen LogP contribution in [0.4, 0.5) is 5.69 Å². The number of hydrogen-bond acceptors (Lipinski definition) is 3. The zero-order valence-electron chi connectivity index (χ0n) is 10.7. The number of benzene rings is 1. The van der Waals surface area contributed by atoms with E-state index in [2.05, 4.69) is 27.4 Å². The minimum absolute atomic E-state index is 0.224. The fourth-order valence-corrected chi connectivity index (χ4v) is 1.77. The fourth-order valence-electron chi connectivity index (χ4n) is 1.61. The van der Waals surface area contributed by atoms with Gasteiger partial charge in [-0.25, -0.2) is 0 Å². The van der Waals surface area contributed by atoms with Crippen LogP contribution in [0, 0.1) is 18.8 Å². The Balaban J connectivity index is 2.25. The Labute approximate surface area is 121 Å². The van der Waals surface area contributed by atoms with Gasteiger partial charge in [-0.3, -0.25) is 9.89 Å². The number of hydrogen-bond donors (Lipinski definition) is 3. The standard InChI is InChI=1S/C14H12ClN3O2/c1-9-11(8-16-18-9)14(20)17-13-7-10(3-2-6-19)4-5-12(13)15/h4-5,7-8,19H,6H2,1H3,(H,16,18)(H,17,20). The number of carbonyl (C=O) groups excluding carboxylic acids is 1. The molecule has 5 nitrogen and oxygen atoms in total. The van der Waals surface area contributed by atoms with Gasteiger partial charge >= 0.3 is 0 Å². The van der Waals surface area contributed by atoms with E-state index in [0.29, 0.717) is 27.5 Å². The molecule has 3 N–H and O–H groups in total. The van der Waals surface area contributed by atoms with Crippen LogP contribution in [0.25, 0.3) is 0 Å². The third kappa shape index (κ3) is 3.18. The third-order valence-corrected chi connectivity index (χ3v) is 2.93. The van der Waals surface area contributed by atoms with E-state index >= 15 is 0 Å². The zero-order valence-corrected chi connectivity index (χ0v) is 11.5. The second-order valence-corrected chi connectivity index (χ2v) is 4.42. The van der Waals surface area contributed by atoms with Gasteiger partial charge < -0.3 is 10.4 Å². The first-order valence-electron chi connectivity index (χ1n) is 5.82. The van der Waals surface area contributed by atoms with Crippen molar-refractivity contribution in [3.8, 4) is 11.8 Å². The van der Waals surface area contributed by atoms with Crippen LogP contribution >= 0.6 is 11.6 Å². The Hall–Kier alpha value is -2.29. The summed E-state index contributed by atoms with van der Waals surface area (Å²) in [7, 11) is 0. The monoisotopic (exact) mass is 289 g/mol. The van der Waals surface area contributed by atoms with Gasteiger partial charge in [-0.15, -0.1) is 0 Å². The predicted octanol–water partition coefficient (Wildman–Crippen LogP) is 1.97. The number of amides is 1. The van der Waals surface area contributed by atoms with Gasteiger partial charge in [0.2, 0.25) is 0 Å². The molecular weight excluding hydrogens is 278 g/mol. The van der Waals surface area contributed by atoms with Gasteiger partial charge in [0.05, 0.1) is 22.5 Å². The molecule has 20 heavy (non-hydrogen) atoms. The number of aliphatic hydroxyl groups is 1. The third-order valence-electron chi connectivity index (χ3n) is 2.60. The van der Waals surface area contributed by atoms with Crippen molar-refractivity contribution in [3.63, 3.8) is 0 Å². The number of nitrogens with zero attached hydrogens (tertiary/aromatic N) is 1. The topological polar surface area (TPSA) is 78.0 Å². The molecule has 1 heterocycles. The highest BCUT2D eigenvalue weighted by atomic mass is 35.5. The summed E-state index contributed by atoms with van der Waals surface area (Å²) < 4.78 is 0. The molecule has 2 rings (SSSR count). The smallest absolute Gasteiger partial charge is 0.259 e. The van der Waals surface area contributed by atoms with Gasteiger partial charge in [-0.1, -0.05) is 23.4 Å². The molecule has 0 aliphatic rings. The number of aromatic amines is 1. The number of carbonyl (C=O) groups is 1. The normalized spacial score (nSPS) is 9.75. The molecule has 6 heteroatoms. The maximum absolute atomic E-state index is 12.1. The summed E-state index contributed by atoms with van der Waals surface area (Å²) in [4.78, 5) is 12.1. The molecule has 0 saturated heterocycles. The van der Waals surface area contributed by atoms with Crippen LogP contribution in [-0.2, 0) is 0 Å². The second kappa shape index (κ2) is 6.24. The lowest BCUT2D eigenvalue weighted by molar-refractivity contribution is 0.102. The lowest BCUT2D eigenvalue weighted by Crippen LogP contribution is -2.12. The summed E-state index contributed by atoms with van der Waals surface area (Å²) in [6, 6.07) is 5.00. The number of aromatic nitrogens is 2. The van der Waals surface area contributed by atoms with Gasteiger partial charge in [0, 0.05) is 11.3 Å². The number of halogens is 1. The van der Waals surface area contributed by atoms with E-state index in [9.17, 15) is 4.79 Å². The first-order valence-corrected chi connectivity index (χ1v) is 6.20. The van der Waals surface area contributed by atoms with E-state index in [1.54, 1.807) is 25.1 Å². The van der Waals surface area contributed by atoms with Crippen LogP contribution in [0.5, 0.6) is 0 Å². The minimum Gasteiger partial charge on any atom is -0.384 e. The van der Waals surface area contributed by atoms with E-state index in [4.69, 9.17) is 16.7 Å².